The van der Waals surface area contributed by atoms with E-state index in [1.54, 1.807) is 6.20 Å². The minimum Gasteiger partial charge on any atom is -0.376 e. The highest BCUT2D eigenvalue weighted by molar-refractivity contribution is 5.95. The summed E-state index contributed by atoms with van der Waals surface area (Å²) in [5.74, 6) is -0.00828. The first-order valence-corrected chi connectivity index (χ1v) is 9.42. The van der Waals surface area contributed by atoms with E-state index in [2.05, 4.69) is 42.0 Å². The maximum atomic E-state index is 13.3. The number of hydrogen-bond donors (Lipinski definition) is 0. The van der Waals surface area contributed by atoms with Crippen molar-refractivity contribution < 1.29 is 9.53 Å². The van der Waals surface area contributed by atoms with Crippen molar-refractivity contribution in [3.63, 3.8) is 0 Å². The predicted molar refractivity (Wildman–Crippen MR) is 101 cm³/mol. The van der Waals surface area contributed by atoms with Gasteiger partial charge in [-0.15, -0.1) is 0 Å². The lowest BCUT2D eigenvalue weighted by atomic mass is 10.1. The van der Waals surface area contributed by atoms with Crippen LogP contribution in [-0.2, 0) is 17.7 Å². The normalized spacial score (nSPS) is 16.6. The molecule has 5 heteroatoms. The smallest absolute Gasteiger partial charge is 0.257 e. The molecule has 0 radical (unpaired) electrons. The second-order valence-electron chi connectivity index (χ2n) is 6.94. The predicted octanol–water partition coefficient (Wildman–Crippen LogP) is 3.56. The van der Waals surface area contributed by atoms with Gasteiger partial charge in [-0.3, -0.25) is 4.79 Å². The van der Waals surface area contributed by atoms with Crippen molar-refractivity contribution in [2.75, 3.05) is 13.2 Å². The Morgan fingerprint density at radius 1 is 1.38 bits per heavy atom. The van der Waals surface area contributed by atoms with E-state index in [1.807, 2.05) is 11.0 Å². The van der Waals surface area contributed by atoms with Crippen molar-refractivity contribution in [3.05, 3.63) is 59.2 Å². The Balaban J connectivity index is 1.85. The number of nitrogens with zero attached hydrogens (tertiary/aromatic N) is 3. The zero-order valence-corrected chi connectivity index (χ0v) is 15.6. The molecule has 1 atom stereocenters. The van der Waals surface area contributed by atoms with Crippen LogP contribution >= 0.6 is 0 Å². The van der Waals surface area contributed by atoms with Crippen LogP contribution in [0.5, 0.6) is 0 Å². The van der Waals surface area contributed by atoms with Crippen LogP contribution in [0.25, 0.3) is 0 Å². The molecular formula is C21H27N3O2. The van der Waals surface area contributed by atoms with Crippen molar-refractivity contribution >= 4 is 5.91 Å². The van der Waals surface area contributed by atoms with Gasteiger partial charge in [-0.2, -0.15) is 0 Å². The molecule has 3 rings (SSSR count). The second kappa shape index (κ2) is 8.90. The monoisotopic (exact) mass is 353 g/mol. The van der Waals surface area contributed by atoms with Crippen molar-refractivity contribution in [3.8, 4) is 0 Å². The molecule has 0 bridgehead atoms. The molecule has 1 aliphatic heterocycles. The number of carbonyl (C=O) groups excluding carboxylic acids is 1. The van der Waals surface area contributed by atoms with Crippen LogP contribution in [0, 0.1) is 6.92 Å². The summed E-state index contributed by atoms with van der Waals surface area (Å²) in [5.41, 5.74) is 3.76. The average molecular weight is 353 g/mol. The summed E-state index contributed by atoms with van der Waals surface area (Å²) in [5, 5.41) is 0. The van der Waals surface area contributed by atoms with Crippen LogP contribution in [-0.4, -0.2) is 40.0 Å². The Labute approximate surface area is 155 Å². The van der Waals surface area contributed by atoms with E-state index in [9.17, 15) is 4.79 Å². The minimum absolute atomic E-state index is 0.00828. The van der Waals surface area contributed by atoms with E-state index in [4.69, 9.17) is 4.74 Å². The van der Waals surface area contributed by atoms with Gasteiger partial charge in [0.1, 0.15) is 6.33 Å². The number of carbonyl (C=O) groups is 1. The highest BCUT2D eigenvalue weighted by Crippen LogP contribution is 2.19. The summed E-state index contributed by atoms with van der Waals surface area (Å²) in [6.45, 7) is 6.12. The molecule has 2 heterocycles. The van der Waals surface area contributed by atoms with E-state index in [0.717, 1.165) is 43.5 Å². The second-order valence-corrected chi connectivity index (χ2v) is 6.94. The Morgan fingerprint density at radius 2 is 2.27 bits per heavy atom. The Hall–Kier alpha value is -2.27. The number of ether oxygens (including phenoxy) is 1. The molecule has 1 saturated heterocycles. The molecule has 1 amide bonds. The highest BCUT2D eigenvalue weighted by atomic mass is 16.5. The molecule has 1 aliphatic rings. The first-order chi connectivity index (χ1) is 12.7. The average Bonchev–Trinajstić information content (AvgIpc) is 3.15. The zero-order chi connectivity index (χ0) is 18.4. The maximum absolute atomic E-state index is 13.3. The number of aromatic nitrogens is 2. The first kappa shape index (κ1) is 18.5. The number of rotatable bonds is 7. The van der Waals surface area contributed by atoms with Gasteiger partial charge >= 0.3 is 0 Å². The Bertz CT molecular complexity index is 742. The summed E-state index contributed by atoms with van der Waals surface area (Å²) in [4.78, 5) is 23.6. The standard InChI is InChI=1S/C21H27N3O2/c1-3-6-20-19(12-22-15-23-20)21(25)24(14-18-9-5-10-26-18)13-17-8-4-7-16(2)11-17/h4,7-8,11-12,15,18H,3,5-6,9-10,13-14H2,1-2H3/t18-/m1/s1. The van der Waals surface area contributed by atoms with Gasteiger partial charge in [-0.1, -0.05) is 43.2 Å². The largest absolute Gasteiger partial charge is 0.376 e. The third-order valence-corrected chi connectivity index (χ3v) is 4.70. The highest BCUT2D eigenvalue weighted by Gasteiger charge is 2.25. The maximum Gasteiger partial charge on any atom is 0.257 e. The van der Waals surface area contributed by atoms with E-state index in [0.29, 0.717) is 18.7 Å². The van der Waals surface area contributed by atoms with Gasteiger partial charge in [0.15, 0.2) is 0 Å². The van der Waals surface area contributed by atoms with Crippen LogP contribution in [0.2, 0.25) is 0 Å². The van der Waals surface area contributed by atoms with Gasteiger partial charge in [0.25, 0.3) is 5.91 Å². The fraction of sp³-hybridized carbons (Fsp3) is 0.476. The molecule has 138 valence electrons. The molecule has 26 heavy (non-hydrogen) atoms. The van der Waals surface area contributed by atoms with Crippen molar-refractivity contribution in [2.24, 2.45) is 0 Å². The van der Waals surface area contributed by atoms with Crippen LogP contribution in [0.15, 0.2) is 36.8 Å². The summed E-state index contributed by atoms with van der Waals surface area (Å²) in [6.07, 6.45) is 7.08. The lowest BCUT2D eigenvalue weighted by Crippen LogP contribution is -2.37. The topological polar surface area (TPSA) is 55.3 Å². The number of hydrogen-bond acceptors (Lipinski definition) is 4. The summed E-state index contributed by atoms with van der Waals surface area (Å²) in [6, 6.07) is 8.30. The first-order valence-electron chi connectivity index (χ1n) is 9.42. The minimum atomic E-state index is -0.00828. The van der Waals surface area contributed by atoms with Crippen LogP contribution in [0.3, 0.4) is 0 Å². The van der Waals surface area contributed by atoms with E-state index >= 15 is 0 Å². The molecular weight excluding hydrogens is 326 g/mol. The lowest BCUT2D eigenvalue weighted by molar-refractivity contribution is 0.0505. The molecule has 2 aromatic rings. The lowest BCUT2D eigenvalue weighted by Gasteiger charge is -2.26. The number of amides is 1. The van der Waals surface area contributed by atoms with Gasteiger partial charge in [-0.25, -0.2) is 9.97 Å². The third kappa shape index (κ3) is 4.67. The van der Waals surface area contributed by atoms with Gasteiger partial charge < -0.3 is 9.64 Å². The van der Waals surface area contributed by atoms with Crippen LogP contribution < -0.4 is 0 Å². The Kier molecular flexibility index (Phi) is 6.34. The van der Waals surface area contributed by atoms with Gasteiger partial charge in [0.05, 0.1) is 17.4 Å². The molecule has 0 aliphatic carbocycles. The summed E-state index contributed by atoms with van der Waals surface area (Å²) < 4.78 is 5.78. The third-order valence-electron chi connectivity index (χ3n) is 4.70. The van der Waals surface area contributed by atoms with E-state index < -0.39 is 0 Å². The molecule has 0 N–H and O–H groups in total. The van der Waals surface area contributed by atoms with Crippen molar-refractivity contribution in [1.82, 2.24) is 14.9 Å². The summed E-state index contributed by atoms with van der Waals surface area (Å²) >= 11 is 0. The molecule has 1 fully saturated rings. The molecule has 0 unspecified atom stereocenters. The zero-order valence-electron chi connectivity index (χ0n) is 15.6. The fourth-order valence-corrected chi connectivity index (χ4v) is 3.42. The number of aryl methyl sites for hydroxylation is 2. The van der Waals surface area contributed by atoms with Gasteiger partial charge in [0, 0.05) is 25.9 Å². The van der Waals surface area contributed by atoms with E-state index in [1.165, 1.54) is 11.9 Å². The quantitative estimate of drug-likeness (QED) is 0.764. The van der Waals surface area contributed by atoms with Gasteiger partial charge in [-0.05, 0) is 31.7 Å². The molecule has 5 nitrogen and oxygen atoms in total. The number of benzene rings is 1. The van der Waals surface area contributed by atoms with Crippen molar-refractivity contribution in [1.29, 1.82) is 0 Å². The molecule has 1 aromatic carbocycles. The molecule has 1 aromatic heterocycles. The fourth-order valence-electron chi connectivity index (χ4n) is 3.42. The van der Waals surface area contributed by atoms with Crippen molar-refractivity contribution in [2.45, 2.75) is 52.2 Å². The molecule has 0 spiro atoms. The Morgan fingerprint density at radius 3 is 3.00 bits per heavy atom. The van der Waals surface area contributed by atoms with Gasteiger partial charge in [0.2, 0.25) is 0 Å². The van der Waals surface area contributed by atoms with Crippen LogP contribution in [0.4, 0.5) is 0 Å². The van der Waals surface area contributed by atoms with E-state index in [-0.39, 0.29) is 12.0 Å². The SMILES string of the molecule is CCCc1ncncc1C(=O)N(Cc1cccc(C)c1)C[C@H]1CCCO1. The molecule has 0 saturated carbocycles. The summed E-state index contributed by atoms with van der Waals surface area (Å²) in [7, 11) is 0. The van der Waals surface area contributed by atoms with Crippen LogP contribution in [0.1, 0.15) is 53.4 Å².